The number of allylic oxidation sites excluding steroid dienone is 3. The van der Waals surface area contributed by atoms with E-state index in [2.05, 4.69) is 66.6 Å². The number of hydrogen-bond donors (Lipinski definition) is 0. The van der Waals surface area contributed by atoms with Crippen molar-refractivity contribution in [2.45, 2.75) is 18.9 Å². The Bertz CT molecular complexity index is 432. The van der Waals surface area contributed by atoms with Gasteiger partial charge in [-0.2, -0.15) is 0 Å². The number of rotatable bonds is 2. The summed E-state index contributed by atoms with van der Waals surface area (Å²) in [6.45, 7) is 0. The molecule has 0 amide bonds. The summed E-state index contributed by atoms with van der Waals surface area (Å²) in [5.41, 5.74) is 1.33. The quantitative estimate of drug-likeness (QED) is 0.742. The van der Waals surface area contributed by atoms with Crippen LogP contribution in [0.2, 0.25) is 0 Å². The number of benzene rings is 1. The molecule has 0 spiro atoms. The van der Waals surface area contributed by atoms with Crippen LogP contribution in [0.25, 0.3) is 0 Å². The van der Waals surface area contributed by atoms with E-state index in [-0.39, 0.29) is 0 Å². The highest BCUT2D eigenvalue weighted by Gasteiger charge is 2.36. The fraction of sp³-hybridized carbons (Fsp3) is 0.375. The minimum absolute atomic E-state index is 0.656. The third-order valence-corrected chi connectivity index (χ3v) is 4.20. The summed E-state index contributed by atoms with van der Waals surface area (Å²) in [5, 5.41) is 0. The zero-order valence-corrected chi connectivity index (χ0v) is 10.3. The molecule has 1 aromatic rings. The van der Waals surface area contributed by atoms with E-state index in [0.717, 1.165) is 5.92 Å². The van der Waals surface area contributed by atoms with E-state index >= 15 is 0 Å². The molecule has 1 nitrogen and oxygen atoms in total. The molecule has 1 saturated carbocycles. The fourth-order valence-electron chi connectivity index (χ4n) is 3.23. The smallest absolute Gasteiger partial charge is 0.0366 e. The Kier molecular flexibility index (Phi) is 2.76. The second-order valence-electron chi connectivity index (χ2n) is 5.10. The van der Waals surface area contributed by atoms with E-state index in [1.165, 1.54) is 18.5 Å². The van der Waals surface area contributed by atoms with Gasteiger partial charge in [0.15, 0.2) is 0 Å². The first-order valence-electron chi connectivity index (χ1n) is 6.49. The lowest BCUT2D eigenvalue weighted by atomic mass is 9.89. The largest absolute Gasteiger partial charge is 0.371 e. The summed E-state index contributed by atoms with van der Waals surface area (Å²) < 4.78 is 0. The molecule has 3 unspecified atom stereocenters. The summed E-state index contributed by atoms with van der Waals surface area (Å²) in [7, 11) is 2.23. The van der Waals surface area contributed by atoms with Gasteiger partial charge in [-0.3, -0.25) is 0 Å². The number of fused-ring (bicyclic) bond motifs is 1. The monoisotopic (exact) mass is 225 g/mol. The van der Waals surface area contributed by atoms with Crippen molar-refractivity contribution >= 4 is 5.69 Å². The number of nitrogens with zero attached hydrogens (tertiary/aromatic N) is 1. The highest BCUT2D eigenvalue weighted by Crippen LogP contribution is 2.39. The molecule has 0 bridgehead atoms. The third kappa shape index (κ3) is 1.90. The predicted octanol–water partition coefficient (Wildman–Crippen LogP) is 3.64. The van der Waals surface area contributed by atoms with E-state index in [0.29, 0.717) is 12.0 Å². The average Bonchev–Trinajstić information content (AvgIpc) is 2.83. The minimum Gasteiger partial charge on any atom is -0.371 e. The molecule has 0 aliphatic heterocycles. The first kappa shape index (κ1) is 10.6. The van der Waals surface area contributed by atoms with Crippen LogP contribution in [0.5, 0.6) is 0 Å². The molecule has 88 valence electrons. The van der Waals surface area contributed by atoms with Crippen molar-refractivity contribution in [1.29, 1.82) is 0 Å². The molecule has 2 aliphatic rings. The summed E-state index contributed by atoms with van der Waals surface area (Å²) in [6, 6.07) is 11.4. The van der Waals surface area contributed by atoms with E-state index in [4.69, 9.17) is 0 Å². The van der Waals surface area contributed by atoms with Crippen molar-refractivity contribution in [3.05, 3.63) is 54.6 Å². The molecule has 0 radical (unpaired) electrons. The van der Waals surface area contributed by atoms with Crippen molar-refractivity contribution in [2.24, 2.45) is 11.8 Å². The molecule has 0 aromatic heterocycles. The van der Waals surface area contributed by atoms with Gasteiger partial charge in [0.2, 0.25) is 0 Å². The van der Waals surface area contributed by atoms with Crippen molar-refractivity contribution in [3.8, 4) is 0 Å². The highest BCUT2D eigenvalue weighted by molar-refractivity contribution is 5.47. The van der Waals surface area contributed by atoms with Gasteiger partial charge in [-0.05, 0) is 30.9 Å². The van der Waals surface area contributed by atoms with E-state index < -0.39 is 0 Å². The van der Waals surface area contributed by atoms with Gasteiger partial charge >= 0.3 is 0 Å². The molecular weight excluding hydrogens is 206 g/mol. The molecule has 1 fully saturated rings. The van der Waals surface area contributed by atoms with E-state index in [1.807, 2.05) is 0 Å². The van der Waals surface area contributed by atoms with Gasteiger partial charge in [0.1, 0.15) is 0 Å². The minimum atomic E-state index is 0.656. The average molecular weight is 225 g/mol. The maximum absolute atomic E-state index is 2.45. The molecular formula is C16H19N. The van der Waals surface area contributed by atoms with Gasteiger partial charge in [0, 0.05) is 24.7 Å². The maximum atomic E-state index is 2.45. The van der Waals surface area contributed by atoms with Crippen LogP contribution in [0, 0.1) is 11.8 Å². The van der Waals surface area contributed by atoms with Gasteiger partial charge in [-0.1, -0.05) is 42.5 Å². The SMILES string of the molecule is CN(c1ccccc1)C1CCC2C=CC=CC21. The summed E-state index contributed by atoms with van der Waals surface area (Å²) in [5.74, 6) is 1.46. The number of para-hydroxylation sites is 1. The third-order valence-electron chi connectivity index (χ3n) is 4.20. The van der Waals surface area contributed by atoms with Crippen LogP contribution in [0.15, 0.2) is 54.6 Å². The lowest BCUT2D eigenvalue weighted by Gasteiger charge is -2.32. The Morgan fingerprint density at radius 2 is 1.76 bits per heavy atom. The van der Waals surface area contributed by atoms with Crippen LogP contribution < -0.4 is 4.90 Å². The second-order valence-corrected chi connectivity index (χ2v) is 5.10. The predicted molar refractivity (Wildman–Crippen MR) is 73.1 cm³/mol. The molecule has 3 atom stereocenters. The van der Waals surface area contributed by atoms with Crippen LogP contribution in [0.3, 0.4) is 0 Å². The van der Waals surface area contributed by atoms with Gasteiger partial charge in [0.25, 0.3) is 0 Å². The Hall–Kier alpha value is -1.50. The van der Waals surface area contributed by atoms with Gasteiger partial charge in [0.05, 0.1) is 0 Å². The molecule has 1 heteroatoms. The van der Waals surface area contributed by atoms with E-state index in [9.17, 15) is 0 Å². The van der Waals surface area contributed by atoms with Gasteiger partial charge in [-0.15, -0.1) is 0 Å². The lowest BCUT2D eigenvalue weighted by Crippen LogP contribution is -2.35. The molecule has 0 heterocycles. The first-order chi connectivity index (χ1) is 8.36. The van der Waals surface area contributed by atoms with Crippen LogP contribution in [0.1, 0.15) is 12.8 Å². The summed E-state index contributed by atoms with van der Waals surface area (Å²) in [4.78, 5) is 2.45. The molecule has 0 N–H and O–H groups in total. The van der Waals surface area contributed by atoms with E-state index in [1.54, 1.807) is 0 Å². The molecule has 3 rings (SSSR count). The van der Waals surface area contributed by atoms with Crippen LogP contribution in [0.4, 0.5) is 5.69 Å². The zero-order chi connectivity index (χ0) is 11.7. The highest BCUT2D eigenvalue weighted by atomic mass is 15.1. The van der Waals surface area contributed by atoms with Crippen LogP contribution in [-0.4, -0.2) is 13.1 Å². The number of anilines is 1. The Morgan fingerprint density at radius 3 is 2.59 bits per heavy atom. The molecule has 17 heavy (non-hydrogen) atoms. The zero-order valence-electron chi connectivity index (χ0n) is 10.3. The topological polar surface area (TPSA) is 3.24 Å². The Balaban J connectivity index is 1.81. The van der Waals surface area contributed by atoms with Crippen LogP contribution >= 0.6 is 0 Å². The number of hydrogen-bond acceptors (Lipinski definition) is 1. The van der Waals surface area contributed by atoms with Crippen molar-refractivity contribution in [2.75, 3.05) is 11.9 Å². The molecule has 0 saturated heterocycles. The van der Waals surface area contributed by atoms with Crippen LogP contribution in [-0.2, 0) is 0 Å². The normalized spacial score (nSPS) is 30.3. The van der Waals surface area contributed by atoms with Crippen molar-refractivity contribution in [1.82, 2.24) is 0 Å². The van der Waals surface area contributed by atoms with Gasteiger partial charge in [-0.25, -0.2) is 0 Å². The van der Waals surface area contributed by atoms with Crippen molar-refractivity contribution in [3.63, 3.8) is 0 Å². The summed E-state index contributed by atoms with van der Waals surface area (Å²) in [6.07, 6.45) is 11.8. The van der Waals surface area contributed by atoms with Gasteiger partial charge < -0.3 is 4.90 Å². The van der Waals surface area contributed by atoms with Crippen molar-refractivity contribution < 1.29 is 0 Å². The molecule has 2 aliphatic carbocycles. The Labute approximate surface area is 103 Å². The summed E-state index contributed by atoms with van der Waals surface area (Å²) >= 11 is 0. The standard InChI is InChI=1S/C16H19N/c1-17(14-8-3-2-4-9-14)16-12-11-13-7-5-6-10-15(13)16/h2-10,13,15-16H,11-12H2,1H3. The Morgan fingerprint density at radius 1 is 1.00 bits per heavy atom. The molecule has 1 aromatic carbocycles. The first-order valence-corrected chi connectivity index (χ1v) is 6.49. The maximum Gasteiger partial charge on any atom is 0.0366 e. The lowest BCUT2D eigenvalue weighted by molar-refractivity contribution is 0.489. The second kappa shape index (κ2) is 4.40. The fourth-order valence-corrected chi connectivity index (χ4v) is 3.23.